The molecule has 1 aliphatic carbocycles. The fraction of sp³-hybridized carbons (Fsp3) is 0.581. The van der Waals surface area contributed by atoms with Gasteiger partial charge in [-0.1, -0.05) is 26.0 Å². The van der Waals surface area contributed by atoms with Crippen molar-refractivity contribution in [3.8, 4) is 5.75 Å². The number of nitrogens with zero attached hydrogens (tertiary/aromatic N) is 3. The molecule has 6 N–H and O–H groups in total. The number of nitrogens with two attached hydrogens (primary N) is 1. The average Bonchev–Trinajstić information content (AvgIpc) is 3.84. The number of primary amides is 1. The Morgan fingerprint density at radius 3 is 2.54 bits per heavy atom. The molecule has 12 nitrogen and oxygen atoms in total. The first-order chi connectivity index (χ1) is 26.7. The van der Waals surface area contributed by atoms with Crippen LogP contribution in [0, 0.1) is 17.2 Å². The van der Waals surface area contributed by atoms with Crippen molar-refractivity contribution in [2.24, 2.45) is 17.1 Å². The third-order valence-corrected chi connectivity index (χ3v) is 15.3. The second kappa shape index (κ2) is 12.5. The smallest absolute Gasteiger partial charge is 0.322 e. The number of anilines is 1. The minimum absolute atomic E-state index is 0.156. The van der Waals surface area contributed by atoms with E-state index in [-0.39, 0.29) is 18.4 Å². The Kier molecular flexibility index (Phi) is 8.38. The van der Waals surface area contributed by atoms with Gasteiger partial charge in [0.2, 0.25) is 0 Å². The summed E-state index contributed by atoms with van der Waals surface area (Å²) < 4.78 is 27.2. The van der Waals surface area contributed by atoms with Crippen LogP contribution in [0.15, 0.2) is 42.5 Å². The standard InChI is InChI=1S/C43H54FN5O7/c1-6-39(53)20-24-21-42(38(52)56-5,33-26(11-15-48(22-24)23-39)27-17-25(44)9-10-30(27)46-33)29-18-28-31(19-32(29)55-4)47(3)35-41(28)13-16-49-14-8-12-40(7-2,34(41)49)36(50)43(35,54)37(45)51/h8-10,12,17-19,24,34-36,46,50,53-54H,6-7,11,13-16,20-23H2,1-5H3,(H2,45,51)/t24-,34-,35+,36+,39?,40+,41+,42-,43-/m0/s1. The van der Waals surface area contributed by atoms with Crippen molar-refractivity contribution in [3.05, 3.63) is 70.7 Å². The summed E-state index contributed by atoms with van der Waals surface area (Å²) in [4.78, 5) is 39.0. The molecule has 2 aromatic carbocycles. The van der Waals surface area contributed by atoms with Crippen molar-refractivity contribution in [2.75, 3.05) is 58.9 Å². The van der Waals surface area contributed by atoms with Gasteiger partial charge in [0.15, 0.2) is 5.60 Å². The van der Waals surface area contributed by atoms with Gasteiger partial charge in [-0.2, -0.15) is 0 Å². The number of fused-ring (bicyclic) bond motifs is 6. The summed E-state index contributed by atoms with van der Waals surface area (Å²) in [6.07, 6.45) is 5.25. The molecule has 10 atom stereocenters. The van der Waals surface area contributed by atoms with Crippen LogP contribution in [0.3, 0.4) is 0 Å². The van der Waals surface area contributed by atoms with Crippen LogP contribution in [-0.4, -0.2) is 125 Å². The monoisotopic (exact) mass is 771 g/mol. The SMILES string of the molecule is CCC1(O)C[C@@H]2CN(CCc3c([nH]c4ccc(F)cc34)[C@@](C(=O)OC)(c3cc4c(cc3OC)N(C)[C@H]3[C@@](O)(C(N)=O)[C@H](O)[C@]5(CC)C=CCN6CC[C@]43[C@@H]65)C2)C1. The fourth-order valence-corrected chi connectivity index (χ4v) is 13.1. The lowest BCUT2D eigenvalue weighted by Gasteiger charge is -2.63. The Hall–Kier alpha value is -4.01. The lowest BCUT2D eigenvalue weighted by molar-refractivity contribution is -0.201. The van der Waals surface area contributed by atoms with Crippen molar-refractivity contribution in [3.63, 3.8) is 0 Å². The highest BCUT2D eigenvalue weighted by Crippen LogP contribution is 2.67. The number of halogens is 1. The fourth-order valence-electron chi connectivity index (χ4n) is 13.1. The van der Waals surface area contributed by atoms with Gasteiger partial charge in [0, 0.05) is 84.0 Å². The number of piperidine rings is 1. The van der Waals surface area contributed by atoms with E-state index in [1.165, 1.54) is 19.2 Å². The Balaban J connectivity index is 1.37. The summed E-state index contributed by atoms with van der Waals surface area (Å²) in [5.41, 5.74) is 3.56. The molecule has 1 spiro atoms. The number of likely N-dealkylation sites (N-methyl/N-ethyl adjacent to an activating group) is 1. The number of ether oxygens (including phenoxy) is 2. The van der Waals surface area contributed by atoms with Crippen molar-refractivity contribution in [1.29, 1.82) is 0 Å². The number of benzene rings is 2. The van der Waals surface area contributed by atoms with Gasteiger partial charge in [0.25, 0.3) is 5.91 Å². The predicted octanol–water partition coefficient (Wildman–Crippen LogP) is 2.87. The summed E-state index contributed by atoms with van der Waals surface area (Å²) >= 11 is 0. The number of aromatic nitrogens is 1. The molecule has 9 rings (SSSR count). The molecule has 300 valence electrons. The molecule has 2 saturated heterocycles. The highest BCUT2D eigenvalue weighted by molar-refractivity contribution is 5.95. The summed E-state index contributed by atoms with van der Waals surface area (Å²) in [6.45, 7) is 6.99. The number of rotatable bonds is 6. The largest absolute Gasteiger partial charge is 0.496 e. The van der Waals surface area contributed by atoms with Gasteiger partial charge < -0.3 is 40.4 Å². The molecule has 2 bridgehead atoms. The van der Waals surface area contributed by atoms with Gasteiger partial charge in [0.05, 0.1) is 25.9 Å². The van der Waals surface area contributed by atoms with Crippen LogP contribution in [0.1, 0.15) is 68.3 Å². The van der Waals surface area contributed by atoms with E-state index in [1.54, 1.807) is 13.2 Å². The van der Waals surface area contributed by atoms with Crippen LogP contribution in [0.4, 0.5) is 10.1 Å². The van der Waals surface area contributed by atoms with E-state index in [1.807, 2.05) is 50.1 Å². The zero-order valence-electron chi connectivity index (χ0n) is 32.9. The molecule has 1 saturated carbocycles. The first-order valence-corrected chi connectivity index (χ1v) is 20.1. The maximum atomic E-state index is 15.2. The molecular formula is C43H54FN5O7. The zero-order chi connectivity index (χ0) is 39.7. The van der Waals surface area contributed by atoms with Crippen LogP contribution < -0.4 is 15.4 Å². The number of aliphatic hydroxyl groups excluding tert-OH is 1. The minimum atomic E-state index is -2.34. The average molecular weight is 772 g/mol. The van der Waals surface area contributed by atoms with E-state index in [0.29, 0.717) is 98.4 Å². The number of carbonyl (C=O) groups is 2. The number of methoxy groups -OCH3 is 2. The van der Waals surface area contributed by atoms with E-state index >= 15 is 9.18 Å². The van der Waals surface area contributed by atoms with Crippen LogP contribution in [0.2, 0.25) is 0 Å². The topological polar surface area (TPSA) is 165 Å². The molecule has 1 amide bonds. The molecule has 1 aromatic heterocycles. The Morgan fingerprint density at radius 1 is 1.05 bits per heavy atom. The van der Waals surface area contributed by atoms with Gasteiger partial charge in [-0.3, -0.25) is 19.4 Å². The second-order valence-electron chi connectivity index (χ2n) is 17.6. The molecular weight excluding hydrogens is 717 g/mol. The lowest BCUT2D eigenvalue weighted by atomic mass is 9.47. The molecule has 13 heteroatoms. The van der Waals surface area contributed by atoms with E-state index in [9.17, 15) is 20.1 Å². The maximum Gasteiger partial charge on any atom is 0.322 e. The van der Waals surface area contributed by atoms with Crippen LogP contribution in [-0.2, 0) is 31.6 Å². The number of H-pyrrole nitrogens is 1. The third kappa shape index (κ3) is 4.57. The molecule has 3 aromatic rings. The Bertz CT molecular complexity index is 2180. The number of aromatic amines is 1. The normalized spacial score (nSPS) is 38.5. The molecule has 56 heavy (non-hydrogen) atoms. The molecule has 3 fully saturated rings. The number of aliphatic hydroxyl groups is 3. The Morgan fingerprint density at radius 2 is 1.84 bits per heavy atom. The molecule has 0 radical (unpaired) electrons. The molecule has 2 unspecified atom stereocenters. The minimum Gasteiger partial charge on any atom is -0.496 e. The predicted molar refractivity (Wildman–Crippen MR) is 208 cm³/mol. The number of hydrogen-bond acceptors (Lipinski definition) is 10. The summed E-state index contributed by atoms with van der Waals surface area (Å²) in [5, 5.41) is 37.6. The van der Waals surface area contributed by atoms with E-state index in [4.69, 9.17) is 15.2 Å². The lowest BCUT2D eigenvalue weighted by Crippen LogP contribution is -2.81. The highest BCUT2D eigenvalue weighted by atomic mass is 19.1. The van der Waals surface area contributed by atoms with Gasteiger partial charge in [0.1, 0.15) is 23.1 Å². The highest BCUT2D eigenvalue weighted by Gasteiger charge is 2.78. The van der Waals surface area contributed by atoms with Gasteiger partial charge in [-0.05, 0) is 86.4 Å². The Labute approximate surface area is 326 Å². The zero-order valence-corrected chi connectivity index (χ0v) is 32.9. The number of amides is 1. The number of esters is 1. The molecule has 6 aliphatic rings. The van der Waals surface area contributed by atoms with E-state index in [0.717, 1.165) is 11.1 Å². The van der Waals surface area contributed by atoms with E-state index < -0.39 is 57.3 Å². The summed E-state index contributed by atoms with van der Waals surface area (Å²) in [5.74, 6) is -1.66. The third-order valence-electron chi connectivity index (χ3n) is 15.3. The van der Waals surface area contributed by atoms with Gasteiger partial charge in [-0.15, -0.1) is 0 Å². The first kappa shape index (κ1) is 37.6. The summed E-state index contributed by atoms with van der Waals surface area (Å²) in [6, 6.07) is 7.28. The maximum absolute atomic E-state index is 15.2. The van der Waals surface area contributed by atoms with Crippen molar-refractivity contribution >= 4 is 28.5 Å². The van der Waals surface area contributed by atoms with Crippen molar-refractivity contribution in [1.82, 2.24) is 14.8 Å². The van der Waals surface area contributed by atoms with E-state index in [2.05, 4.69) is 14.8 Å². The number of nitrogens with one attached hydrogen (secondary N) is 1. The van der Waals surface area contributed by atoms with Gasteiger partial charge in [-0.25, -0.2) is 4.39 Å². The second-order valence-corrected chi connectivity index (χ2v) is 17.6. The summed E-state index contributed by atoms with van der Waals surface area (Å²) in [7, 11) is 4.76. The van der Waals surface area contributed by atoms with Crippen LogP contribution >= 0.6 is 0 Å². The van der Waals surface area contributed by atoms with Crippen LogP contribution in [0.25, 0.3) is 10.9 Å². The number of carbonyl (C=O) groups excluding carboxylic acids is 2. The molecule has 5 aliphatic heterocycles. The quantitative estimate of drug-likeness (QED) is 0.186. The van der Waals surface area contributed by atoms with Crippen molar-refractivity contribution in [2.45, 2.75) is 92.6 Å². The number of hydrogen-bond donors (Lipinski definition) is 5. The van der Waals surface area contributed by atoms with Crippen molar-refractivity contribution < 1.29 is 38.8 Å². The molecule has 6 heterocycles. The van der Waals surface area contributed by atoms with Crippen LogP contribution in [0.5, 0.6) is 5.75 Å². The first-order valence-electron chi connectivity index (χ1n) is 20.1. The van der Waals surface area contributed by atoms with Gasteiger partial charge >= 0.3 is 5.97 Å².